The lowest BCUT2D eigenvalue weighted by Gasteiger charge is -2.23. The van der Waals surface area contributed by atoms with Crippen LogP contribution in [0.25, 0.3) is 0 Å². The number of aliphatic carboxylic acids is 2. The minimum Gasteiger partial charge on any atom is -0.544 e. The summed E-state index contributed by atoms with van der Waals surface area (Å²) in [4.78, 5) is 18.9. The number of carbonyl (C=O) groups is 2. The molecule has 0 rings (SSSR count). The van der Waals surface area contributed by atoms with Crippen LogP contribution in [0.5, 0.6) is 0 Å². The lowest BCUT2D eigenvalue weighted by molar-refractivity contribution is -0.864. The summed E-state index contributed by atoms with van der Waals surface area (Å²) in [5, 5.41) is 20.1. The average molecular weight is 222 g/mol. The molecule has 0 heterocycles. The van der Waals surface area contributed by atoms with Crippen molar-refractivity contribution in [1.29, 1.82) is 0 Å². The molecule has 6 heteroatoms. The average Bonchev–Trinajstić information content (AvgIpc) is 1.79. The van der Waals surface area contributed by atoms with Gasteiger partial charge in [0.1, 0.15) is 6.54 Å². The third-order valence-corrected chi connectivity index (χ3v) is 0.603. The molecule has 0 aromatic heterocycles. The Balaban J connectivity index is -0.000000173. The van der Waals surface area contributed by atoms with E-state index in [9.17, 15) is 9.90 Å². The second-order valence-electron chi connectivity index (χ2n) is 3.84. The van der Waals surface area contributed by atoms with E-state index in [0.717, 1.165) is 6.92 Å². The van der Waals surface area contributed by atoms with E-state index in [2.05, 4.69) is 5.32 Å². The number of hydrogen-bond acceptors (Lipinski definition) is 4. The van der Waals surface area contributed by atoms with Gasteiger partial charge in [0, 0.05) is 6.92 Å². The van der Waals surface area contributed by atoms with Crippen LogP contribution in [0.15, 0.2) is 0 Å². The molecule has 92 valence electrons. The highest BCUT2D eigenvalue weighted by Gasteiger charge is 2.04. The van der Waals surface area contributed by atoms with Gasteiger partial charge in [0.25, 0.3) is 5.97 Å². The second-order valence-corrected chi connectivity index (χ2v) is 3.84. The van der Waals surface area contributed by atoms with Gasteiger partial charge in [-0.2, -0.15) is 0 Å². The first-order chi connectivity index (χ1) is 6.56. The van der Waals surface area contributed by atoms with Gasteiger partial charge in [0.05, 0.1) is 27.1 Å². The molecule has 0 aliphatic carbocycles. The lowest BCUT2D eigenvalue weighted by atomic mass is 10.5. The van der Waals surface area contributed by atoms with Crippen LogP contribution in [0.2, 0.25) is 0 Å². The molecule has 0 spiro atoms. The highest BCUT2D eigenvalue weighted by atomic mass is 16.4. The maximum Gasteiger partial charge on any atom is 0.300 e. The van der Waals surface area contributed by atoms with Gasteiger partial charge in [0.2, 0.25) is 0 Å². The molecule has 0 saturated carbocycles. The van der Waals surface area contributed by atoms with Crippen molar-refractivity contribution in [2.75, 3.05) is 41.8 Å². The molecule has 0 bridgehead atoms. The Bertz CT molecular complexity index is 171. The van der Waals surface area contributed by atoms with E-state index in [4.69, 9.17) is 9.90 Å². The summed E-state index contributed by atoms with van der Waals surface area (Å²) in [6.07, 6.45) is 0. The first kappa shape index (κ1) is 19.4. The van der Waals surface area contributed by atoms with Gasteiger partial charge in [-0.25, -0.2) is 0 Å². The van der Waals surface area contributed by atoms with E-state index in [1.165, 1.54) is 0 Å². The lowest BCUT2D eigenvalue weighted by Crippen LogP contribution is -2.45. The van der Waals surface area contributed by atoms with Crippen LogP contribution in [0.1, 0.15) is 6.92 Å². The number of carbonyl (C=O) groups excluding carboxylic acids is 1. The normalized spacial score (nSPS) is 8.93. The zero-order chi connectivity index (χ0) is 13.1. The first-order valence-corrected chi connectivity index (χ1v) is 4.35. The van der Waals surface area contributed by atoms with Crippen molar-refractivity contribution in [3.63, 3.8) is 0 Å². The maximum absolute atomic E-state index is 9.89. The van der Waals surface area contributed by atoms with Crippen molar-refractivity contribution in [1.82, 2.24) is 5.32 Å². The molecule has 0 saturated heterocycles. The van der Waals surface area contributed by atoms with Gasteiger partial charge in [-0.1, -0.05) is 0 Å². The highest BCUT2D eigenvalue weighted by molar-refractivity contribution is 5.65. The molecule has 6 nitrogen and oxygen atoms in total. The molecule has 0 aromatic rings. The molecule has 15 heavy (non-hydrogen) atoms. The third kappa shape index (κ3) is 102. The van der Waals surface area contributed by atoms with Crippen LogP contribution in [-0.2, 0) is 9.59 Å². The molecule has 0 aromatic carbocycles. The van der Waals surface area contributed by atoms with Gasteiger partial charge in [-0.15, -0.1) is 0 Å². The summed E-state index contributed by atoms with van der Waals surface area (Å²) >= 11 is 0. The van der Waals surface area contributed by atoms with Crippen molar-refractivity contribution in [3.8, 4) is 0 Å². The molecular weight excluding hydrogens is 200 g/mol. The molecule has 0 radical (unpaired) electrons. The topological polar surface area (TPSA) is 89.5 Å². The van der Waals surface area contributed by atoms with E-state index >= 15 is 0 Å². The minimum absolute atomic E-state index is 0.0694. The fraction of sp³-hybridized carbons (Fsp3) is 0.778. The van der Waals surface area contributed by atoms with Gasteiger partial charge >= 0.3 is 0 Å². The van der Waals surface area contributed by atoms with Gasteiger partial charge in [-0.05, 0) is 14.1 Å². The van der Waals surface area contributed by atoms with Crippen LogP contribution in [0.3, 0.4) is 0 Å². The molecule has 0 aliphatic heterocycles. The van der Waals surface area contributed by atoms with E-state index in [-0.39, 0.29) is 6.54 Å². The number of nitrogens with one attached hydrogen (secondary N) is 1. The summed E-state index contributed by atoms with van der Waals surface area (Å²) in [7, 11) is 9.15. The standard InChI is InChI=1S/C5H11NO2.C2H7N.C2H4O2/c1-6(2,3)4-5(7)8;1-3-2;1-2(3)4/h4H2,1-3H3;3H,1-2H3;1H3,(H,3,4). The summed E-state index contributed by atoms with van der Waals surface area (Å²) < 4.78 is 0.419. The summed E-state index contributed by atoms with van der Waals surface area (Å²) in [6.45, 7) is 1.15. The number of carboxylic acid groups (broad SMARTS) is 2. The summed E-state index contributed by atoms with van der Waals surface area (Å²) in [5.74, 6) is -1.84. The van der Waals surface area contributed by atoms with E-state index in [1.807, 2.05) is 14.1 Å². The Morgan fingerprint density at radius 1 is 1.27 bits per heavy atom. The molecule has 2 N–H and O–H groups in total. The molecule has 0 unspecified atom stereocenters. The van der Waals surface area contributed by atoms with Crippen LogP contribution in [0.4, 0.5) is 0 Å². The van der Waals surface area contributed by atoms with Crippen molar-refractivity contribution >= 4 is 11.9 Å². The largest absolute Gasteiger partial charge is 0.544 e. The van der Waals surface area contributed by atoms with E-state index in [1.54, 1.807) is 21.1 Å². The van der Waals surface area contributed by atoms with Crippen molar-refractivity contribution in [3.05, 3.63) is 0 Å². The number of likely N-dealkylation sites (N-methyl/N-ethyl adjacent to an activating group) is 1. The fourth-order valence-electron chi connectivity index (χ4n) is 0.387. The summed E-state index contributed by atoms with van der Waals surface area (Å²) in [5.41, 5.74) is 0. The Kier molecular flexibility index (Phi) is 14.2. The Morgan fingerprint density at radius 2 is 1.47 bits per heavy atom. The van der Waals surface area contributed by atoms with E-state index in [0.29, 0.717) is 4.48 Å². The minimum atomic E-state index is -1.00. The fourth-order valence-corrected chi connectivity index (χ4v) is 0.387. The molecule has 0 fully saturated rings. The third-order valence-electron chi connectivity index (χ3n) is 0.603. The van der Waals surface area contributed by atoms with Gasteiger partial charge in [0.15, 0.2) is 0 Å². The van der Waals surface area contributed by atoms with Crippen LogP contribution < -0.4 is 10.4 Å². The monoisotopic (exact) mass is 222 g/mol. The predicted molar refractivity (Wildman–Crippen MR) is 56.2 cm³/mol. The Morgan fingerprint density at radius 3 is 1.47 bits per heavy atom. The first-order valence-electron chi connectivity index (χ1n) is 4.35. The number of quaternary nitrogens is 1. The zero-order valence-electron chi connectivity index (χ0n) is 10.3. The van der Waals surface area contributed by atoms with Gasteiger partial charge < -0.3 is 24.8 Å². The maximum atomic E-state index is 9.89. The zero-order valence-corrected chi connectivity index (χ0v) is 10.3. The number of hydrogen-bond donors (Lipinski definition) is 2. The van der Waals surface area contributed by atoms with Gasteiger partial charge in [-0.3, -0.25) is 4.79 Å². The second kappa shape index (κ2) is 10.9. The summed E-state index contributed by atoms with van der Waals surface area (Å²) in [6, 6.07) is 0. The molecule has 0 amide bonds. The smallest absolute Gasteiger partial charge is 0.300 e. The van der Waals surface area contributed by atoms with Crippen LogP contribution in [0, 0.1) is 0 Å². The number of rotatable bonds is 2. The van der Waals surface area contributed by atoms with Crippen LogP contribution in [-0.4, -0.2) is 63.3 Å². The highest BCUT2D eigenvalue weighted by Crippen LogP contribution is 1.84. The Labute approximate surface area is 91.1 Å². The van der Waals surface area contributed by atoms with Crippen molar-refractivity contribution < 1.29 is 24.3 Å². The Hall–Kier alpha value is -1.14. The van der Waals surface area contributed by atoms with Crippen molar-refractivity contribution in [2.24, 2.45) is 0 Å². The molecule has 0 aliphatic rings. The van der Waals surface area contributed by atoms with Crippen molar-refractivity contribution in [2.45, 2.75) is 6.92 Å². The predicted octanol–water partition coefficient (Wildman–Crippen LogP) is -1.63. The quantitative estimate of drug-likeness (QED) is 0.547. The van der Waals surface area contributed by atoms with E-state index < -0.39 is 11.9 Å². The SMILES string of the molecule is CC(=O)O.CNC.C[N+](C)(C)CC(=O)[O-]. The van der Waals surface area contributed by atoms with Crippen LogP contribution >= 0.6 is 0 Å². The molecule has 0 atom stereocenters. The number of nitrogens with zero attached hydrogens (tertiary/aromatic N) is 1. The number of carboxylic acids is 2. The molecular formula is C9H22N2O4.